The average Bonchev–Trinajstić information content (AvgIpc) is 3.17. The molecule has 0 aliphatic carbocycles. The third kappa shape index (κ3) is 4.33. The van der Waals surface area contributed by atoms with E-state index < -0.39 is 6.04 Å². The third-order valence-electron chi connectivity index (χ3n) is 4.03. The van der Waals surface area contributed by atoms with E-state index in [2.05, 4.69) is 5.32 Å². The lowest BCUT2D eigenvalue weighted by atomic mass is 10.0. The second-order valence-electron chi connectivity index (χ2n) is 5.88. The second-order valence-corrected chi connectivity index (χ2v) is 5.88. The number of amides is 1. The van der Waals surface area contributed by atoms with Crippen molar-refractivity contribution < 1.29 is 18.9 Å². The molecule has 3 rings (SSSR count). The van der Waals surface area contributed by atoms with Crippen molar-refractivity contribution in [3.63, 3.8) is 0 Å². The molecule has 0 bridgehead atoms. The molecule has 3 aromatic rings. The molecule has 0 fully saturated rings. The fourth-order valence-corrected chi connectivity index (χ4v) is 2.70. The first-order chi connectivity index (χ1) is 12.1. The SMILES string of the molecule is C[C@H]([NH2+][C@H](C(=O)Nc1ccc(F)cc1)c1ccccc1)c1ccco1. The van der Waals surface area contributed by atoms with Crippen molar-refractivity contribution in [3.05, 3.63) is 90.1 Å². The van der Waals surface area contributed by atoms with E-state index in [-0.39, 0.29) is 17.8 Å². The molecule has 0 saturated heterocycles. The monoisotopic (exact) mass is 339 g/mol. The van der Waals surface area contributed by atoms with E-state index >= 15 is 0 Å². The summed E-state index contributed by atoms with van der Waals surface area (Å²) in [6.45, 7) is 1.99. The summed E-state index contributed by atoms with van der Waals surface area (Å²) in [7, 11) is 0. The number of hydrogen-bond donors (Lipinski definition) is 2. The van der Waals surface area contributed by atoms with Crippen molar-refractivity contribution in [2.24, 2.45) is 0 Å². The van der Waals surface area contributed by atoms with Crippen molar-refractivity contribution in [1.29, 1.82) is 0 Å². The van der Waals surface area contributed by atoms with Gasteiger partial charge in [-0.2, -0.15) is 0 Å². The van der Waals surface area contributed by atoms with Crippen LogP contribution in [0.4, 0.5) is 10.1 Å². The molecule has 1 amide bonds. The van der Waals surface area contributed by atoms with Crippen LogP contribution in [0.5, 0.6) is 0 Å². The highest BCUT2D eigenvalue weighted by Gasteiger charge is 2.27. The largest absolute Gasteiger partial charge is 0.463 e. The highest BCUT2D eigenvalue weighted by molar-refractivity contribution is 5.94. The van der Waals surface area contributed by atoms with Crippen LogP contribution in [0.1, 0.15) is 30.3 Å². The van der Waals surface area contributed by atoms with Crippen LogP contribution in [0.2, 0.25) is 0 Å². The number of nitrogens with one attached hydrogen (secondary N) is 1. The Labute approximate surface area is 145 Å². The molecule has 0 saturated carbocycles. The van der Waals surface area contributed by atoms with E-state index in [9.17, 15) is 9.18 Å². The van der Waals surface area contributed by atoms with Crippen molar-refractivity contribution in [2.75, 3.05) is 5.32 Å². The molecule has 0 aliphatic rings. The number of benzene rings is 2. The molecule has 1 heterocycles. The van der Waals surface area contributed by atoms with Crippen LogP contribution in [0.3, 0.4) is 0 Å². The topological polar surface area (TPSA) is 58.9 Å². The van der Waals surface area contributed by atoms with Crippen LogP contribution in [0.15, 0.2) is 77.4 Å². The van der Waals surface area contributed by atoms with Crippen LogP contribution < -0.4 is 10.6 Å². The Hall–Kier alpha value is -2.92. The predicted octanol–water partition coefficient (Wildman–Crippen LogP) is 3.42. The van der Waals surface area contributed by atoms with Crippen molar-refractivity contribution in [2.45, 2.75) is 19.0 Å². The quantitative estimate of drug-likeness (QED) is 0.723. The number of rotatable bonds is 6. The Morgan fingerprint density at radius 3 is 2.40 bits per heavy atom. The Morgan fingerprint density at radius 1 is 1.04 bits per heavy atom. The Kier molecular flexibility index (Phi) is 5.26. The minimum absolute atomic E-state index is 0.0285. The highest BCUT2D eigenvalue weighted by Crippen LogP contribution is 2.16. The van der Waals surface area contributed by atoms with Gasteiger partial charge in [0.2, 0.25) is 0 Å². The molecule has 3 N–H and O–H groups in total. The lowest BCUT2D eigenvalue weighted by Gasteiger charge is -2.19. The van der Waals surface area contributed by atoms with E-state index in [0.29, 0.717) is 5.69 Å². The zero-order valence-electron chi connectivity index (χ0n) is 13.9. The van der Waals surface area contributed by atoms with Gasteiger partial charge in [0.1, 0.15) is 11.9 Å². The fraction of sp³-hybridized carbons (Fsp3) is 0.150. The third-order valence-corrected chi connectivity index (χ3v) is 4.03. The zero-order chi connectivity index (χ0) is 17.6. The van der Waals surface area contributed by atoms with Crippen LogP contribution in [-0.2, 0) is 4.79 Å². The summed E-state index contributed by atoms with van der Waals surface area (Å²) in [5, 5.41) is 4.80. The maximum atomic E-state index is 13.0. The van der Waals surface area contributed by atoms with Gasteiger partial charge in [-0.15, -0.1) is 0 Å². The van der Waals surface area contributed by atoms with Gasteiger partial charge in [-0.05, 0) is 43.3 Å². The lowest BCUT2D eigenvalue weighted by Crippen LogP contribution is -2.87. The highest BCUT2D eigenvalue weighted by atomic mass is 19.1. The molecule has 0 unspecified atom stereocenters. The first-order valence-corrected chi connectivity index (χ1v) is 8.13. The molecule has 128 valence electrons. The van der Waals surface area contributed by atoms with Gasteiger partial charge in [0, 0.05) is 11.3 Å². The zero-order valence-corrected chi connectivity index (χ0v) is 13.9. The number of carbonyl (C=O) groups excluding carboxylic acids is 1. The summed E-state index contributed by atoms with van der Waals surface area (Å²) >= 11 is 0. The van der Waals surface area contributed by atoms with Gasteiger partial charge in [-0.25, -0.2) is 4.39 Å². The molecule has 2 aromatic carbocycles. The predicted molar refractivity (Wildman–Crippen MR) is 93.3 cm³/mol. The van der Waals surface area contributed by atoms with Crippen molar-refractivity contribution in [3.8, 4) is 0 Å². The summed E-state index contributed by atoms with van der Waals surface area (Å²) in [4.78, 5) is 12.8. The molecule has 2 atom stereocenters. The molecule has 0 aliphatic heterocycles. The smallest absolute Gasteiger partial charge is 0.287 e. The van der Waals surface area contributed by atoms with Crippen molar-refractivity contribution in [1.82, 2.24) is 0 Å². The van der Waals surface area contributed by atoms with E-state index in [4.69, 9.17) is 4.42 Å². The van der Waals surface area contributed by atoms with Gasteiger partial charge in [0.25, 0.3) is 5.91 Å². The lowest BCUT2D eigenvalue weighted by molar-refractivity contribution is -0.720. The van der Waals surface area contributed by atoms with E-state index in [1.807, 2.05) is 54.7 Å². The van der Waals surface area contributed by atoms with Crippen molar-refractivity contribution >= 4 is 11.6 Å². The minimum Gasteiger partial charge on any atom is -0.463 e. The number of furan rings is 1. The number of anilines is 1. The summed E-state index contributed by atoms with van der Waals surface area (Å²) in [5.41, 5.74) is 1.45. The Morgan fingerprint density at radius 2 is 1.76 bits per heavy atom. The van der Waals surface area contributed by atoms with Gasteiger partial charge >= 0.3 is 0 Å². The Bertz CT molecular complexity index is 801. The van der Waals surface area contributed by atoms with Gasteiger partial charge in [0.15, 0.2) is 11.8 Å². The molecule has 0 radical (unpaired) electrons. The minimum atomic E-state index is -0.452. The van der Waals surface area contributed by atoms with Gasteiger partial charge < -0.3 is 15.1 Å². The summed E-state index contributed by atoms with van der Waals surface area (Å²) in [6, 6.07) is 18.5. The fourth-order valence-electron chi connectivity index (χ4n) is 2.70. The summed E-state index contributed by atoms with van der Waals surface area (Å²) in [5.74, 6) is 0.294. The van der Waals surface area contributed by atoms with Crippen LogP contribution in [-0.4, -0.2) is 5.91 Å². The summed E-state index contributed by atoms with van der Waals surface area (Å²) in [6.07, 6.45) is 1.62. The Balaban J connectivity index is 1.80. The van der Waals surface area contributed by atoms with Gasteiger partial charge in [-0.3, -0.25) is 4.79 Å². The molecule has 5 heteroatoms. The molecule has 25 heavy (non-hydrogen) atoms. The first kappa shape index (κ1) is 16.9. The average molecular weight is 339 g/mol. The first-order valence-electron chi connectivity index (χ1n) is 8.13. The maximum absolute atomic E-state index is 13.0. The van der Waals surface area contributed by atoms with E-state index in [1.54, 1.807) is 18.4 Å². The van der Waals surface area contributed by atoms with Crippen LogP contribution >= 0.6 is 0 Å². The van der Waals surface area contributed by atoms with Gasteiger partial charge in [0.05, 0.1) is 6.26 Å². The number of quaternary nitrogens is 1. The van der Waals surface area contributed by atoms with E-state index in [0.717, 1.165) is 11.3 Å². The van der Waals surface area contributed by atoms with Crippen LogP contribution in [0.25, 0.3) is 0 Å². The molecular weight excluding hydrogens is 319 g/mol. The van der Waals surface area contributed by atoms with Crippen LogP contribution in [0, 0.1) is 5.82 Å². The molecular formula is C20H20FN2O2+. The maximum Gasteiger partial charge on any atom is 0.287 e. The number of hydrogen-bond acceptors (Lipinski definition) is 2. The molecule has 4 nitrogen and oxygen atoms in total. The number of carbonyl (C=O) groups is 1. The number of nitrogens with two attached hydrogens (primary N) is 1. The molecule has 0 spiro atoms. The number of halogens is 1. The van der Waals surface area contributed by atoms with E-state index in [1.165, 1.54) is 12.1 Å². The second kappa shape index (κ2) is 7.77. The standard InChI is InChI=1S/C20H19FN2O2/c1-14(18-8-5-13-25-18)22-19(15-6-3-2-4-7-15)20(24)23-17-11-9-16(21)10-12-17/h2-14,19,22H,1H3,(H,23,24)/p+1/t14-,19-/m0/s1. The molecule has 1 aromatic heterocycles. The van der Waals surface area contributed by atoms with Gasteiger partial charge in [-0.1, -0.05) is 30.3 Å². The summed E-state index contributed by atoms with van der Waals surface area (Å²) < 4.78 is 18.5. The normalized spacial score (nSPS) is 13.2.